The fourth-order valence-electron chi connectivity index (χ4n) is 3.13. The zero-order valence-electron chi connectivity index (χ0n) is 15.0. The highest BCUT2D eigenvalue weighted by atomic mass is 79.9. The Bertz CT molecular complexity index is 880. The molecule has 1 heterocycles. The fourth-order valence-corrected chi connectivity index (χ4v) is 4.96. The van der Waals surface area contributed by atoms with Crippen LogP contribution in [0.5, 0.6) is 0 Å². The van der Waals surface area contributed by atoms with Gasteiger partial charge in [-0.1, -0.05) is 28.1 Å². The number of rotatable bonds is 7. The summed E-state index contributed by atoms with van der Waals surface area (Å²) < 4.78 is 26.4. The zero-order chi connectivity index (χ0) is 19.3. The van der Waals surface area contributed by atoms with Crippen molar-refractivity contribution in [3.8, 4) is 0 Å². The molecule has 0 aromatic heterocycles. The molecule has 0 spiro atoms. The molecule has 27 heavy (non-hydrogen) atoms. The van der Waals surface area contributed by atoms with Crippen molar-refractivity contribution in [3.05, 3.63) is 58.6 Å². The largest absolute Gasteiger partial charge is 0.326 e. The van der Waals surface area contributed by atoms with E-state index in [-0.39, 0.29) is 11.7 Å². The number of benzene rings is 2. The van der Waals surface area contributed by atoms with E-state index < -0.39 is 10.0 Å². The Kier molecular flexibility index (Phi) is 6.55. The summed E-state index contributed by atoms with van der Waals surface area (Å²) in [5.74, 6) is 0.179. The van der Waals surface area contributed by atoms with Crippen LogP contribution in [0.15, 0.2) is 53.0 Å². The molecule has 7 heteroatoms. The Morgan fingerprint density at radius 1 is 1.04 bits per heavy atom. The van der Waals surface area contributed by atoms with Crippen molar-refractivity contribution in [1.29, 1.82) is 0 Å². The van der Waals surface area contributed by atoms with Crippen LogP contribution in [0.2, 0.25) is 0 Å². The van der Waals surface area contributed by atoms with Crippen LogP contribution in [-0.4, -0.2) is 26.6 Å². The van der Waals surface area contributed by atoms with Gasteiger partial charge in [0.1, 0.15) is 0 Å². The average molecular weight is 451 g/mol. The third kappa shape index (κ3) is 5.56. The number of carbonyl (C=O) groups excluding carboxylic acids is 1. The van der Waals surface area contributed by atoms with Gasteiger partial charge in [0.2, 0.25) is 15.9 Å². The van der Waals surface area contributed by atoms with E-state index in [0.29, 0.717) is 30.8 Å². The lowest BCUT2D eigenvalue weighted by atomic mass is 10.1. The van der Waals surface area contributed by atoms with Crippen LogP contribution in [0.1, 0.15) is 31.2 Å². The lowest BCUT2D eigenvalue weighted by Crippen LogP contribution is -2.24. The number of nitrogens with one attached hydrogen (secondary N) is 1. The van der Waals surface area contributed by atoms with Gasteiger partial charge in [-0.2, -0.15) is 0 Å². The molecule has 0 bridgehead atoms. The molecule has 1 amide bonds. The number of unbranched alkanes of at least 4 members (excludes halogenated alkanes) is 1. The molecule has 1 aliphatic heterocycles. The summed E-state index contributed by atoms with van der Waals surface area (Å²) in [5, 5.41) is 2.87. The van der Waals surface area contributed by atoms with Crippen molar-refractivity contribution in [2.24, 2.45) is 0 Å². The Balaban J connectivity index is 1.43. The minimum Gasteiger partial charge on any atom is -0.326 e. The molecular weight excluding hydrogens is 428 g/mol. The highest BCUT2D eigenvalue weighted by Gasteiger charge is 2.28. The third-order valence-electron chi connectivity index (χ3n) is 4.57. The van der Waals surface area contributed by atoms with E-state index in [2.05, 4.69) is 33.4 Å². The summed E-state index contributed by atoms with van der Waals surface area (Å²) in [6, 6.07) is 15.2. The molecule has 2 aromatic rings. The van der Waals surface area contributed by atoms with E-state index in [9.17, 15) is 13.2 Å². The van der Waals surface area contributed by atoms with E-state index in [0.717, 1.165) is 23.7 Å². The number of sulfonamides is 1. The third-order valence-corrected chi connectivity index (χ3v) is 6.97. The summed E-state index contributed by atoms with van der Waals surface area (Å²) in [5.41, 5.74) is 2.61. The molecule has 0 unspecified atom stereocenters. The molecule has 5 nitrogen and oxygen atoms in total. The number of anilines is 2. The van der Waals surface area contributed by atoms with Gasteiger partial charge in [-0.3, -0.25) is 9.10 Å². The SMILES string of the molecule is O=C(CCCCc1ccc(Br)cc1)Nc1ccc(N2CCCS2(=O)=O)cc1. The standard InChI is InChI=1S/C20H23BrN2O3S/c21-17-8-6-16(7-9-17)4-1-2-5-20(24)22-18-10-12-19(13-11-18)23-14-3-15-27(23,25)26/h6-13H,1-5,14-15H2,(H,22,24). The van der Waals surface area contributed by atoms with E-state index >= 15 is 0 Å². The normalized spacial score (nSPS) is 15.7. The van der Waals surface area contributed by atoms with Gasteiger partial charge < -0.3 is 5.32 Å². The van der Waals surface area contributed by atoms with Crippen molar-refractivity contribution in [2.75, 3.05) is 21.9 Å². The van der Waals surface area contributed by atoms with E-state index in [1.807, 2.05) is 12.1 Å². The van der Waals surface area contributed by atoms with Gasteiger partial charge in [-0.25, -0.2) is 8.42 Å². The van der Waals surface area contributed by atoms with Crippen LogP contribution in [0.4, 0.5) is 11.4 Å². The summed E-state index contributed by atoms with van der Waals surface area (Å²) in [6.45, 7) is 0.520. The van der Waals surface area contributed by atoms with Gasteiger partial charge in [0.05, 0.1) is 11.4 Å². The van der Waals surface area contributed by atoms with Crippen molar-refractivity contribution in [3.63, 3.8) is 0 Å². The summed E-state index contributed by atoms with van der Waals surface area (Å²) >= 11 is 3.42. The first-order chi connectivity index (χ1) is 12.9. The minimum absolute atomic E-state index is 0.0210. The molecule has 144 valence electrons. The summed E-state index contributed by atoms with van der Waals surface area (Å²) in [4.78, 5) is 12.1. The van der Waals surface area contributed by atoms with Crippen LogP contribution < -0.4 is 9.62 Å². The van der Waals surface area contributed by atoms with Crippen LogP contribution in [-0.2, 0) is 21.2 Å². The van der Waals surface area contributed by atoms with Crippen LogP contribution in [0.3, 0.4) is 0 Å². The lowest BCUT2D eigenvalue weighted by Gasteiger charge is -2.17. The maximum Gasteiger partial charge on any atom is 0.235 e. The molecule has 0 aliphatic carbocycles. The predicted octanol–water partition coefficient (Wildman–Crippen LogP) is 4.34. The quantitative estimate of drug-likeness (QED) is 0.637. The first-order valence-corrected chi connectivity index (χ1v) is 11.5. The van der Waals surface area contributed by atoms with E-state index in [4.69, 9.17) is 0 Å². The lowest BCUT2D eigenvalue weighted by molar-refractivity contribution is -0.116. The predicted molar refractivity (Wildman–Crippen MR) is 113 cm³/mol. The van der Waals surface area contributed by atoms with E-state index in [1.54, 1.807) is 24.3 Å². The first kappa shape index (κ1) is 19.9. The smallest absolute Gasteiger partial charge is 0.235 e. The maximum absolute atomic E-state index is 12.1. The van der Waals surface area contributed by atoms with Gasteiger partial charge >= 0.3 is 0 Å². The molecule has 1 N–H and O–H groups in total. The number of carbonyl (C=O) groups is 1. The summed E-state index contributed by atoms with van der Waals surface area (Å²) in [7, 11) is -3.17. The van der Waals surface area contributed by atoms with Crippen LogP contribution in [0.25, 0.3) is 0 Å². The van der Waals surface area contributed by atoms with Crippen LogP contribution >= 0.6 is 15.9 Å². The van der Waals surface area contributed by atoms with Gasteiger partial charge in [0, 0.05) is 23.1 Å². The zero-order valence-corrected chi connectivity index (χ0v) is 17.4. The molecule has 1 fully saturated rings. The molecular formula is C20H23BrN2O3S. The van der Waals surface area contributed by atoms with Crippen molar-refractivity contribution in [1.82, 2.24) is 0 Å². The molecule has 0 saturated carbocycles. The van der Waals surface area contributed by atoms with Crippen molar-refractivity contribution < 1.29 is 13.2 Å². The molecule has 0 atom stereocenters. The summed E-state index contributed by atoms with van der Waals surface area (Å²) in [6.07, 6.45) is 3.87. The number of hydrogen-bond donors (Lipinski definition) is 1. The average Bonchev–Trinajstić information content (AvgIpc) is 3.00. The second-order valence-electron chi connectivity index (χ2n) is 6.67. The first-order valence-electron chi connectivity index (χ1n) is 9.09. The molecule has 3 rings (SSSR count). The molecule has 2 aromatic carbocycles. The second kappa shape index (κ2) is 8.89. The Hall–Kier alpha value is -1.86. The molecule has 1 aliphatic rings. The highest BCUT2D eigenvalue weighted by Crippen LogP contribution is 2.25. The fraction of sp³-hybridized carbons (Fsp3) is 0.350. The number of hydrogen-bond acceptors (Lipinski definition) is 3. The second-order valence-corrected chi connectivity index (χ2v) is 9.60. The number of halogens is 1. The van der Waals surface area contributed by atoms with Gasteiger partial charge in [-0.15, -0.1) is 0 Å². The maximum atomic E-state index is 12.1. The highest BCUT2D eigenvalue weighted by molar-refractivity contribution is 9.10. The van der Waals surface area contributed by atoms with Crippen molar-refractivity contribution in [2.45, 2.75) is 32.1 Å². The van der Waals surface area contributed by atoms with Gasteiger partial charge in [0.15, 0.2) is 0 Å². The number of aryl methyl sites for hydroxylation is 1. The van der Waals surface area contributed by atoms with E-state index in [1.165, 1.54) is 9.87 Å². The Labute approximate surface area is 169 Å². The Morgan fingerprint density at radius 2 is 1.74 bits per heavy atom. The van der Waals surface area contributed by atoms with Crippen LogP contribution in [0, 0.1) is 0 Å². The van der Waals surface area contributed by atoms with Crippen molar-refractivity contribution >= 4 is 43.2 Å². The topological polar surface area (TPSA) is 66.5 Å². The monoisotopic (exact) mass is 450 g/mol. The number of nitrogens with zero attached hydrogens (tertiary/aromatic N) is 1. The molecule has 1 saturated heterocycles. The van der Waals surface area contributed by atoms with Gasteiger partial charge in [-0.05, 0) is 67.6 Å². The molecule has 0 radical (unpaired) electrons. The Morgan fingerprint density at radius 3 is 2.37 bits per heavy atom. The minimum atomic E-state index is -3.17. The number of amides is 1. The van der Waals surface area contributed by atoms with Gasteiger partial charge in [0.25, 0.3) is 0 Å².